The number of hydrogen-bond donors (Lipinski definition) is 1. The number of hydrogen-bond acceptors (Lipinski definition) is 5. The Morgan fingerprint density at radius 1 is 1.24 bits per heavy atom. The smallest absolute Gasteiger partial charge is 0.333 e. The first kappa shape index (κ1) is 16.6. The van der Waals surface area contributed by atoms with Crippen LogP contribution in [-0.2, 0) is 9.53 Å². The predicted molar refractivity (Wildman–Crippen MR) is 77.4 cm³/mol. The molecular formula is C15H19NO5. The number of nitrogens with two attached hydrogens (primary N) is 1. The number of amides is 1. The van der Waals surface area contributed by atoms with Gasteiger partial charge < -0.3 is 19.9 Å². The number of benzene rings is 1. The van der Waals surface area contributed by atoms with E-state index in [1.54, 1.807) is 18.2 Å². The summed E-state index contributed by atoms with van der Waals surface area (Å²) in [4.78, 5) is 22.5. The van der Waals surface area contributed by atoms with E-state index in [-0.39, 0.29) is 12.6 Å². The maximum atomic E-state index is 11.4. The zero-order valence-corrected chi connectivity index (χ0v) is 12.3. The van der Waals surface area contributed by atoms with Gasteiger partial charge in [0.05, 0.1) is 14.2 Å². The second-order valence-corrected chi connectivity index (χ2v) is 4.12. The average molecular weight is 293 g/mol. The summed E-state index contributed by atoms with van der Waals surface area (Å²) in [6.45, 7) is 2.04. The quantitative estimate of drug-likeness (QED) is 0.610. The van der Waals surface area contributed by atoms with Crippen molar-refractivity contribution in [1.29, 1.82) is 0 Å². The van der Waals surface area contributed by atoms with E-state index in [1.807, 2.05) is 6.92 Å². The molecule has 6 nitrogen and oxygen atoms in total. The number of ether oxygens (including phenoxy) is 3. The van der Waals surface area contributed by atoms with Gasteiger partial charge in [-0.2, -0.15) is 0 Å². The van der Waals surface area contributed by atoms with Crippen LogP contribution < -0.4 is 15.2 Å². The van der Waals surface area contributed by atoms with Crippen LogP contribution >= 0.6 is 0 Å². The topological polar surface area (TPSA) is 87.9 Å². The predicted octanol–water partition coefficient (Wildman–Crippen LogP) is 1.68. The second-order valence-electron chi connectivity index (χ2n) is 4.12. The summed E-state index contributed by atoms with van der Waals surface area (Å²) >= 11 is 0. The highest BCUT2D eigenvalue weighted by molar-refractivity contribution is 5.93. The second kappa shape index (κ2) is 7.94. The molecule has 0 radical (unpaired) electrons. The van der Waals surface area contributed by atoms with Crippen LogP contribution in [0.2, 0.25) is 0 Å². The number of esters is 1. The molecule has 0 aromatic heterocycles. The Balaban J connectivity index is 2.82. The number of primary amides is 1. The Morgan fingerprint density at radius 3 is 2.48 bits per heavy atom. The monoisotopic (exact) mass is 293 g/mol. The van der Waals surface area contributed by atoms with E-state index in [0.29, 0.717) is 29.1 Å². The lowest BCUT2D eigenvalue weighted by atomic mass is 10.2. The molecule has 0 spiro atoms. The lowest BCUT2D eigenvalue weighted by molar-refractivity contribution is -0.136. The van der Waals surface area contributed by atoms with E-state index in [2.05, 4.69) is 4.74 Å². The van der Waals surface area contributed by atoms with Gasteiger partial charge in [-0.3, -0.25) is 4.79 Å². The summed E-state index contributed by atoms with van der Waals surface area (Å²) in [6, 6.07) is 4.64. The SMILES string of the molecule is CCC(=CCOc1ccc(C(N)=O)cc1OC)C(=O)OC. The molecule has 6 heteroatoms. The first-order valence-electron chi connectivity index (χ1n) is 6.41. The van der Waals surface area contributed by atoms with Crippen molar-refractivity contribution in [3.8, 4) is 11.5 Å². The van der Waals surface area contributed by atoms with Crippen LogP contribution in [0.1, 0.15) is 23.7 Å². The van der Waals surface area contributed by atoms with Gasteiger partial charge in [0.25, 0.3) is 0 Å². The van der Waals surface area contributed by atoms with Crippen LogP contribution in [0.4, 0.5) is 0 Å². The van der Waals surface area contributed by atoms with Crippen LogP contribution in [0.25, 0.3) is 0 Å². The van der Waals surface area contributed by atoms with Crippen molar-refractivity contribution in [3.63, 3.8) is 0 Å². The van der Waals surface area contributed by atoms with Gasteiger partial charge in [-0.25, -0.2) is 4.79 Å². The van der Waals surface area contributed by atoms with Crippen molar-refractivity contribution in [2.24, 2.45) is 5.73 Å². The Bertz CT molecular complexity index is 551. The highest BCUT2D eigenvalue weighted by Gasteiger charge is 2.10. The van der Waals surface area contributed by atoms with E-state index < -0.39 is 5.91 Å². The molecule has 0 saturated carbocycles. The maximum Gasteiger partial charge on any atom is 0.333 e. The maximum absolute atomic E-state index is 11.4. The molecule has 21 heavy (non-hydrogen) atoms. The molecule has 1 aromatic carbocycles. The number of methoxy groups -OCH3 is 2. The molecular weight excluding hydrogens is 274 g/mol. The summed E-state index contributed by atoms with van der Waals surface area (Å²) in [6.07, 6.45) is 2.20. The molecule has 0 aliphatic rings. The third kappa shape index (κ3) is 4.52. The van der Waals surface area contributed by atoms with Crippen LogP contribution in [0.5, 0.6) is 11.5 Å². The molecule has 0 aliphatic heterocycles. The molecule has 0 heterocycles. The highest BCUT2D eigenvalue weighted by atomic mass is 16.5. The molecule has 1 rings (SSSR count). The molecule has 1 amide bonds. The normalized spacial score (nSPS) is 10.9. The van der Waals surface area contributed by atoms with Crippen molar-refractivity contribution in [2.75, 3.05) is 20.8 Å². The molecule has 1 aromatic rings. The number of carbonyl (C=O) groups is 2. The van der Waals surface area contributed by atoms with Crippen LogP contribution in [0.15, 0.2) is 29.8 Å². The lowest BCUT2D eigenvalue weighted by Gasteiger charge is -2.10. The summed E-state index contributed by atoms with van der Waals surface area (Å²) in [5.41, 5.74) is 6.06. The van der Waals surface area contributed by atoms with E-state index in [1.165, 1.54) is 20.3 Å². The standard InChI is InChI=1S/C15H19NO5/c1-4-10(15(18)20-3)7-8-21-12-6-5-11(14(16)17)9-13(12)19-2/h5-7,9H,4,8H2,1-3H3,(H2,16,17). The van der Waals surface area contributed by atoms with Gasteiger partial charge >= 0.3 is 5.97 Å². The zero-order chi connectivity index (χ0) is 15.8. The molecule has 2 N–H and O–H groups in total. The van der Waals surface area contributed by atoms with Crippen LogP contribution in [0, 0.1) is 0 Å². The first-order chi connectivity index (χ1) is 10.0. The summed E-state index contributed by atoms with van der Waals surface area (Å²) in [7, 11) is 2.80. The molecule has 0 bridgehead atoms. The summed E-state index contributed by atoms with van der Waals surface area (Å²) < 4.78 is 15.3. The van der Waals surface area contributed by atoms with Gasteiger partial charge in [-0.15, -0.1) is 0 Å². The molecule has 0 unspecified atom stereocenters. The minimum Gasteiger partial charge on any atom is -0.493 e. The lowest BCUT2D eigenvalue weighted by Crippen LogP contribution is -2.11. The van der Waals surface area contributed by atoms with E-state index >= 15 is 0 Å². The summed E-state index contributed by atoms with van der Waals surface area (Å²) in [5, 5.41) is 0. The summed E-state index contributed by atoms with van der Waals surface area (Å²) in [5.74, 6) is -0.0641. The molecule has 114 valence electrons. The van der Waals surface area contributed by atoms with Crippen molar-refractivity contribution < 1.29 is 23.8 Å². The Hall–Kier alpha value is -2.50. The first-order valence-corrected chi connectivity index (χ1v) is 6.41. The molecule has 0 fully saturated rings. The van der Waals surface area contributed by atoms with Gasteiger partial charge in [-0.05, 0) is 30.7 Å². The molecule has 0 saturated heterocycles. The Kier molecular flexibility index (Phi) is 6.26. The van der Waals surface area contributed by atoms with Crippen molar-refractivity contribution in [2.45, 2.75) is 13.3 Å². The number of rotatable bonds is 7. The third-order valence-electron chi connectivity index (χ3n) is 2.85. The highest BCUT2D eigenvalue weighted by Crippen LogP contribution is 2.28. The van der Waals surface area contributed by atoms with Gasteiger partial charge in [-0.1, -0.05) is 6.92 Å². The zero-order valence-electron chi connectivity index (χ0n) is 12.3. The molecule has 0 aliphatic carbocycles. The minimum atomic E-state index is -0.543. The largest absolute Gasteiger partial charge is 0.493 e. The van der Waals surface area contributed by atoms with Gasteiger partial charge in [0.2, 0.25) is 5.91 Å². The fourth-order valence-electron chi connectivity index (χ4n) is 1.68. The van der Waals surface area contributed by atoms with Gasteiger partial charge in [0.1, 0.15) is 6.61 Å². The van der Waals surface area contributed by atoms with Crippen molar-refractivity contribution in [1.82, 2.24) is 0 Å². The van der Waals surface area contributed by atoms with E-state index in [4.69, 9.17) is 15.2 Å². The van der Waals surface area contributed by atoms with Crippen molar-refractivity contribution >= 4 is 11.9 Å². The van der Waals surface area contributed by atoms with E-state index in [0.717, 1.165) is 0 Å². The van der Waals surface area contributed by atoms with Crippen LogP contribution in [0.3, 0.4) is 0 Å². The Labute approximate surface area is 123 Å². The Morgan fingerprint density at radius 2 is 1.95 bits per heavy atom. The average Bonchev–Trinajstić information content (AvgIpc) is 2.50. The fourth-order valence-corrected chi connectivity index (χ4v) is 1.68. The van der Waals surface area contributed by atoms with Crippen LogP contribution in [-0.4, -0.2) is 32.7 Å². The fraction of sp³-hybridized carbons (Fsp3) is 0.333. The number of carbonyl (C=O) groups excluding carboxylic acids is 2. The van der Waals surface area contributed by atoms with Crippen molar-refractivity contribution in [3.05, 3.63) is 35.4 Å². The molecule has 0 atom stereocenters. The van der Waals surface area contributed by atoms with Gasteiger partial charge in [0, 0.05) is 11.1 Å². The third-order valence-corrected chi connectivity index (χ3v) is 2.85. The van der Waals surface area contributed by atoms with Gasteiger partial charge in [0.15, 0.2) is 11.5 Å². The minimum absolute atomic E-state index is 0.185. The van der Waals surface area contributed by atoms with E-state index in [9.17, 15) is 9.59 Å².